The molecule has 1 saturated carbocycles. The summed E-state index contributed by atoms with van der Waals surface area (Å²) in [7, 11) is 0. The standard InChI is InChI=1S/C14H21NO/c1-9(2)11-6-5-10(3)13(16)12(11)14(15)7-4-8-14/h5-6,9,16H,4,7-8,15H2,1-3H3. The summed E-state index contributed by atoms with van der Waals surface area (Å²) in [5.41, 5.74) is 9.21. The Morgan fingerprint density at radius 3 is 2.38 bits per heavy atom. The van der Waals surface area contributed by atoms with Gasteiger partial charge in [0.25, 0.3) is 0 Å². The number of hydrogen-bond donors (Lipinski definition) is 2. The van der Waals surface area contributed by atoms with Crippen LogP contribution in [0, 0.1) is 6.92 Å². The quantitative estimate of drug-likeness (QED) is 0.802. The van der Waals surface area contributed by atoms with Crippen molar-refractivity contribution in [3.05, 3.63) is 28.8 Å². The van der Waals surface area contributed by atoms with Crippen molar-refractivity contribution in [1.29, 1.82) is 0 Å². The van der Waals surface area contributed by atoms with Gasteiger partial charge in [0.05, 0.1) is 0 Å². The Morgan fingerprint density at radius 1 is 1.31 bits per heavy atom. The lowest BCUT2D eigenvalue weighted by Crippen LogP contribution is -2.44. The van der Waals surface area contributed by atoms with Crippen LogP contribution >= 0.6 is 0 Å². The second kappa shape index (κ2) is 3.77. The van der Waals surface area contributed by atoms with Crippen molar-refractivity contribution in [2.75, 3.05) is 0 Å². The van der Waals surface area contributed by atoms with E-state index >= 15 is 0 Å². The number of rotatable bonds is 2. The van der Waals surface area contributed by atoms with Crippen molar-refractivity contribution in [2.45, 2.75) is 51.5 Å². The van der Waals surface area contributed by atoms with Crippen LogP contribution in [0.3, 0.4) is 0 Å². The topological polar surface area (TPSA) is 46.2 Å². The summed E-state index contributed by atoms with van der Waals surface area (Å²) in [6, 6.07) is 4.10. The Morgan fingerprint density at radius 2 is 1.94 bits per heavy atom. The van der Waals surface area contributed by atoms with Crippen LogP contribution < -0.4 is 5.73 Å². The van der Waals surface area contributed by atoms with Gasteiger partial charge in [-0.25, -0.2) is 0 Å². The predicted molar refractivity (Wildman–Crippen MR) is 66.6 cm³/mol. The lowest BCUT2D eigenvalue weighted by atomic mass is 9.69. The lowest BCUT2D eigenvalue weighted by Gasteiger charge is -2.41. The number of aromatic hydroxyl groups is 1. The van der Waals surface area contributed by atoms with Gasteiger partial charge in [0.2, 0.25) is 0 Å². The Balaban J connectivity index is 2.59. The van der Waals surface area contributed by atoms with Gasteiger partial charge in [-0.15, -0.1) is 0 Å². The van der Waals surface area contributed by atoms with Crippen LogP contribution in [0.25, 0.3) is 0 Å². The molecule has 3 N–H and O–H groups in total. The molecule has 16 heavy (non-hydrogen) atoms. The molecule has 0 aliphatic heterocycles. The highest BCUT2D eigenvalue weighted by Crippen LogP contribution is 2.46. The van der Waals surface area contributed by atoms with Gasteiger partial charge in [-0.1, -0.05) is 26.0 Å². The van der Waals surface area contributed by atoms with Crippen molar-refractivity contribution in [3.8, 4) is 5.75 Å². The molecule has 1 aliphatic carbocycles. The van der Waals surface area contributed by atoms with Crippen LogP contribution in [0.4, 0.5) is 0 Å². The third kappa shape index (κ3) is 1.61. The van der Waals surface area contributed by atoms with Crippen LogP contribution in [0.5, 0.6) is 5.75 Å². The maximum Gasteiger partial charge on any atom is 0.123 e. The highest BCUT2D eigenvalue weighted by atomic mass is 16.3. The minimum absolute atomic E-state index is 0.282. The molecule has 0 saturated heterocycles. The van der Waals surface area contributed by atoms with Crippen molar-refractivity contribution in [3.63, 3.8) is 0 Å². The van der Waals surface area contributed by atoms with E-state index in [1.165, 1.54) is 12.0 Å². The maximum atomic E-state index is 10.2. The summed E-state index contributed by atoms with van der Waals surface area (Å²) in [4.78, 5) is 0. The molecule has 2 rings (SSSR count). The van der Waals surface area contributed by atoms with E-state index in [9.17, 15) is 5.11 Å². The zero-order valence-electron chi connectivity index (χ0n) is 10.4. The van der Waals surface area contributed by atoms with Crippen molar-refractivity contribution in [2.24, 2.45) is 5.73 Å². The van der Waals surface area contributed by atoms with Gasteiger partial charge in [-0.3, -0.25) is 0 Å². The van der Waals surface area contributed by atoms with Crippen LogP contribution in [-0.2, 0) is 5.54 Å². The molecule has 2 heteroatoms. The monoisotopic (exact) mass is 219 g/mol. The minimum Gasteiger partial charge on any atom is -0.507 e. The number of nitrogens with two attached hydrogens (primary N) is 1. The molecule has 88 valence electrons. The molecule has 0 atom stereocenters. The SMILES string of the molecule is Cc1ccc(C(C)C)c(C2(N)CCC2)c1O. The van der Waals surface area contributed by atoms with E-state index in [1.54, 1.807) is 0 Å². The van der Waals surface area contributed by atoms with Gasteiger partial charge in [-0.2, -0.15) is 0 Å². The zero-order chi connectivity index (χ0) is 11.9. The molecule has 0 amide bonds. The van der Waals surface area contributed by atoms with Crippen LogP contribution in [-0.4, -0.2) is 5.11 Å². The second-order valence-corrected chi connectivity index (χ2v) is 5.36. The number of hydrogen-bond acceptors (Lipinski definition) is 2. The number of benzene rings is 1. The first-order valence-corrected chi connectivity index (χ1v) is 6.07. The van der Waals surface area contributed by atoms with Gasteiger partial charge in [0.1, 0.15) is 5.75 Å². The van der Waals surface area contributed by atoms with Crippen molar-refractivity contribution < 1.29 is 5.11 Å². The number of phenols is 1. The van der Waals surface area contributed by atoms with E-state index in [0.717, 1.165) is 24.0 Å². The maximum absolute atomic E-state index is 10.2. The van der Waals surface area contributed by atoms with Gasteiger partial charge in [0, 0.05) is 11.1 Å². The molecular formula is C14H21NO. The van der Waals surface area contributed by atoms with Crippen LogP contribution in [0.15, 0.2) is 12.1 Å². The summed E-state index contributed by atoms with van der Waals surface area (Å²) in [5, 5.41) is 10.2. The first kappa shape index (κ1) is 11.5. The second-order valence-electron chi connectivity index (χ2n) is 5.36. The van der Waals surface area contributed by atoms with E-state index in [4.69, 9.17) is 5.73 Å². The average Bonchev–Trinajstić information content (AvgIpc) is 2.18. The van der Waals surface area contributed by atoms with E-state index in [0.29, 0.717) is 11.7 Å². The highest BCUT2D eigenvalue weighted by molar-refractivity contribution is 5.51. The summed E-state index contributed by atoms with van der Waals surface area (Å²) in [5.74, 6) is 0.816. The summed E-state index contributed by atoms with van der Waals surface area (Å²) in [6.45, 7) is 6.23. The normalized spacial score (nSPS) is 18.6. The van der Waals surface area contributed by atoms with Crippen LogP contribution in [0.1, 0.15) is 55.7 Å². The molecular weight excluding hydrogens is 198 g/mol. The molecule has 0 aromatic heterocycles. The fourth-order valence-corrected chi connectivity index (χ4v) is 2.52. The molecule has 2 nitrogen and oxygen atoms in total. The van der Waals surface area contributed by atoms with Crippen molar-refractivity contribution in [1.82, 2.24) is 0 Å². The Kier molecular flexibility index (Phi) is 2.70. The molecule has 1 aliphatic rings. The Labute approximate surface area is 97.5 Å². The molecule has 0 heterocycles. The molecule has 1 fully saturated rings. The molecule has 0 spiro atoms. The summed E-state index contributed by atoms with van der Waals surface area (Å²) >= 11 is 0. The molecule has 1 aromatic carbocycles. The van der Waals surface area contributed by atoms with E-state index in [1.807, 2.05) is 13.0 Å². The smallest absolute Gasteiger partial charge is 0.123 e. The third-order valence-corrected chi connectivity index (χ3v) is 3.78. The predicted octanol–water partition coefficient (Wildman–Crippen LogP) is 3.16. The first-order chi connectivity index (χ1) is 7.46. The lowest BCUT2D eigenvalue weighted by molar-refractivity contribution is 0.242. The number of aryl methyl sites for hydroxylation is 1. The van der Waals surface area contributed by atoms with E-state index < -0.39 is 0 Å². The molecule has 1 aromatic rings. The summed E-state index contributed by atoms with van der Waals surface area (Å²) in [6.07, 6.45) is 3.15. The van der Waals surface area contributed by atoms with Gasteiger partial charge < -0.3 is 10.8 Å². The third-order valence-electron chi connectivity index (χ3n) is 3.78. The van der Waals surface area contributed by atoms with Crippen molar-refractivity contribution >= 4 is 0 Å². The first-order valence-electron chi connectivity index (χ1n) is 6.07. The summed E-state index contributed by atoms with van der Waals surface area (Å²) < 4.78 is 0. The van der Waals surface area contributed by atoms with E-state index in [2.05, 4.69) is 19.9 Å². The zero-order valence-corrected chi connectivity index (χ0v) is 10.4. The van der Waals surface area contributed by atoms with Gasteiger partial charge in [-0.05, 0) is 43.2 Å². The highest BCUT2D eigenvalue weighted by Gasteiger charge is 2.38. The largest absolute Gasteiger partial charge is 0.507 e. The van der Waals surface area contributed by atoms with E-state index in [-0.39, 0.29) is 5.54 Å². The van der Waals surface area contributed by atoms with Gasteiger partial charge in [0.15, 0.2) is 0 Å². The Bertz CT molecular complexity index is 405. The van der Waals surface area contributed by atoms with Gasteiger partial charge >= 0.3 is 0 Å². The fraction of sp³-hybridized carbons (Fsp3) is 0.571. The minimum atomic E-state index is -0.282. The average molecular weight is 219 g/mol. The molecule has 0 radical (unpaired) electrons. The fourth-order valence-electron chi connectivity index (χ4n) is 2.52. The Hall–Kier alpha value is -1.02. The molecule has 0 bridgehead atoms. The van der Waals surface area contributed by atoms with Crippen LogP contribution in [0.2, 0.25) is 0 Å². The molecule has 0 unspecified atom stereocenters. The number of phenolic OH excluding ortho intramolecular Hbond substituents is 1.